The molecule has 0 aromatic heterocycles. The Kier molecular flexibility index (Phi) is 7.50. The van der Waals surface area contributed by atoms with Gasteiger partial charge >= 0.3 is 0 Å². The van der Waals surface area contributed by atoms with Crippen LogP contribution in [0, 0.1) is 26.7 Å². The van der Waals surface area contributed by atoms with Gasteiger partial charge < -0.3 is 5.32 Å². The molecule has 0 aliphatic heterocycles. The third-order valence-corrected chi connectivity index (χ3v) is 5.28. The van der Waals surface area contributed by atoms with Crippen molar-refractivity contribution >= 4 is 0 Å². The molecule has 0 aliphatic carbocycles. The summed E-state index contributed by atoms with van der Waals surface area (Å²) in [4.78, 5) is 0. The molecule has 2 aromatic rings. The van der Waals surface area contributed by atoms with E-state index in [4.69, 9.17) is 0 Å². The van der Waals surface area contributed by atoms with Crippen molar-refractivity contribution in [1.29, 1.82) is 0 Å². The Bertz CT molecular complexity index is 722. The summed E-state index contributed by atoms with van der Waals surface area (Å²) in [5.41, 5.74) is 10.2. The molecule has 0 radical (unpaired) electrons. The van der Waals surface area contributed by atoms with Crippen LogP contribution in [0.2, 0.25) is 0 Å². The molecule has 1 heteroatoms. The van der Waals surface area contributed by atoms with E-state index in [2.05, 4.69) is 76.8 Å². The zero-order chi connectivity index (χ0) is 19.1. The molecule has 0 bridgehead atoms. The predicted molar refractivity (Wildman–Crippen MR) is 115 cm³/mol. The van der Waals surface area contributed by atoms with Crippen LogP contribution in [0.4, 0.5) is 0 Å². The van der Waals surface area contributed by atoms with Gasteiger partial charge in [-0.25, -0.2) is 0 Å². The van der Waals surface area contributed by atoms with Crippen LogP contribution in [-0.2, 0) is 25.7 Å². The highest BCUT2D eigenvalue weighted by atomic mass is 14.8. The van der Waals surface area contributed by atoms with E-state index in [0.717, 1.165) is 32.2 Å². The van der Waals surface area contributed by atoms with Gasteiger partial charge in [0.1, 0.15) is 0 Å². The van der Waals surface area contributed by atoms with Gasteiger partial charge in [-0.2, -0.15) is 0 Å². The zero-order valence-electron chi connectivity index (χ0n) is 17.3. The van der Waals surface area contributed by atoms with Crippen molar-refractivity contribution in [2.45, 2.75) is 60.3 Å². The maximum absolute atomic E-state index is 3.73. The Morgan fingerprint density at radius 1 is 1.00 bits per heavy atom. The lowest BCUT2D eigenvalue weighted by Gasteiger charge is -2.19. The van der Waals surface area contributed by atoms with Gasteiger partial charge in [-0.1, -0.05) is 61.9 Å². The van der Waals surface area contributed by atoms with Crippen molar-refractivity contribution in [3.8, 4) is 0 Å². The molecule has 0 saturated carbocycles. The van der Waals surface area contributed by atoms with Gasteiger partial charge in [-0.05, 0) is 86.4 Å². The van der Waals surface area contributed by atoms with Crippen LogP contribution < -0.4 is 5.32 Å². The highest BCUT2D eigenvalue weighted by molar-refractivity contribution is 5.41. The third-order valence-electron chi connectivity index (χ3n) is 5.28. The van der Waals surface area contributed by atoms with Crippen LogP contribution in [0.25, 0.3) is 0 Å². The summed E-state index contributed by atoms with van der Waals surface area (Å²) in [6.07, 6.45) is 6.25. The molecule has 1 nitrogen and oxygen atoms in total. The minimum atomic E-state index is 0.646. The molecule has 0 amide bonds. The summed E-state index contributed by atoms with van der Waals surface area (Å²) in [5.74, 6) is 0.646. The van der Waals surface area contributed by atoms with E-state index in [0.29, 0.717) is 5.92 Å². The van der Waals surface area contributed by atoms with Crippen molar-refractivity contribution in [3.63, 3.8) is 0 Å². The molecular formula is C25H35N. The SMILES string of the molecule is C=CNCCc1ccc(CC(C)Cc2cc(C)cc(C)c2)c(C)c1CC. The van der Waals surface area contributed by atoms with Gasteiger partial charge in [-0.3, -0.25) is 0 Å². The van der Waals surface area contributed by atoms with Gasteiger partial charge in [0.2, 0.25) is 0 Å². The molecule has 0 fully saturated rings. The summed E-state index contributed by atoms with van der Waals surface area (Å²) in [7, 11) is 0. The van der Waals surface area contributed by atoms with Gasteiger partial charge in [-0.15, -0.1) is 0 Å². The van der Waals surface area contributed by atoms with Crippen LogP contribution in [0.1, 0.15) is 52.8 Å². The fraction of sp³-hybridized carbons (Fsp3) is 0.440. The van der Waals surface area contributed by atoms with Gasteiger partial charge in [0.05, 0.1) is 0 Å². The van der Waals surface area contributed by atoms with Crippen LogP contribution >= 0.6 is 0 Å². The molecule has 1 unspecified atom stereocenters. The maximum Gasteiger partial charge on any atom is 0.0181 e. The minimum absolute atomic E-state index is 0.646. The lowest BCUT2D eigenvalue weighted by molar-refractivity contribution is 0.574. The first kappa shape index (κ1) is 20.3. The molecule has 1 N–H and O–H groups in total. The highest BCUT2D eigenvalue weighted by Crippen LogP contribution is 2.24. The predicted octanol–water partition coefficient (Wildman–Crippen LogP) is 5.87. The first-order valence-electron chi connectivity index (χ1n) is 9.96. The summed E-state index contributed by atoms with van der Waals surface area (Å²) < 4.78 is 0. The second-order valence-electron chi connectivity index (χ2n) is 7.76. The molecule has 2 aromatic carbocycles. The standard InChI is InChI=1S/C25H35N/c1-7-25-21(6)24(10-9-23(25)11-12-26-8-2)17-20(5)16-22-14-18(3)13-19(4)15-22/h8-10,13-15,20,26H,2,7,11-12,16-17H2,1,3-6H3. The first-order chi connectivity index (χ1) is 12.4. The number of nitrogens with one attached hydrogen (secondary N) is 1. The monoisotopic (exact) mass is 349 g/mol. The summed E-state index contributed by atoms with van der Waals surface area (Å²) in [6.45, 7) is 16.0. The lowest BCUT2D eigenvalue weighted by atomic mass is 9.87. The number of rotatable bonds is 9. The van der Waals surface area contributed by atoms with E-state index >= 15 is 0 Å². The molecule has 0 saturated heterocycles. The number of aryl methyl sites for hydroxylation is 2. The highest BCUT2D eigenvalue weighted by Gasteiger charge is 2.12. The van der Waals surface area contributed by atoms with Crippen molar-refractivity contribution < 1.29 is 0 Å². The molecule has 0 aliphatic rings. The second-order valence-corrected chi connectivity index (χ2v) is 7.76. The van der Waals surface area contributed by atoms with E-state index < -0.39 is 0 Å². The number of hydrogen-bond acceptors (Lipinski definition) is 1. The Morgan fingerprint density at radius 3 is 2.27 bits per heavy atom. The van der Waals surface area contributed by atoms with Crippen LogP contribution in [0.5, 0.6) is 0 Å². The van der Waals surface area contributed by atoms with Crippen molar-refractivity contribution in [2.75, 3.05) is 6.54 Å². The lowest BCUT2D eigenvalue weighted by Crippen LogP contribution is -2.12. The fourth-order valence-corrected chi connectivity index (χ4v) is 4.15. The van der Waals surface area contributed by atoms with Crippen molar-refractivity contribution in [1.82, 2.24) is 5.32 Å². The molecule has 0 spiro atoms. The second kappa shape index (κ2) is 9.62. The average Bonchev–Trinajstić information content (AvgIpc) is 2.56. The van der Waals surface area contributed by atoms with Gasteiger partial charge in [0.25, 0.3) is 0 Å². The molecule has 1 atom stereocenters. The topological polar surface area (TPSA) is 12.0 Å². The summed E-state index contributed by atoms with van der Waals surface area (Å²) in [5, 5.41) is 3.21. The third kappa shape index (κ3) is 5.49. The van der Waals surface area contributed by atoms with Crippen LogP contribution in [0.15, 0.2) is 43.1 Å². The zero-order valence-corrected chi connectivity index (χ0v) is 17.3. The molecular weight excluding hydrogens is 314 g/mol. The van der Waals surface area contributed by atoms with Gasteiger partial charge in [0.15, 0.2) is 0 Å². The molecule has 2 rings (SSSR count). The molecule has 140 valence electrons. The average molecular weight is 350 g/mol. The number of benzene rings is 2. The van der Waals surface area contributed by atoms with Crippen LogP contribution in [0.3, 0.4) is 0 Å². The summed E-state index contributed by atoms with van der Waals surface area (Å²) in [6, 6.07) is 11.6. The van der Waals surface area contributed by atoms with Crippen molar-refractivity contribution in [2.24, 2.45) is 5.92 Å². The largest absolute Gasteiger partial charge is 0.391 e. The van der Waals surface area contributed by atoms with E-state index in [-0.39, 0.29) is 0 Å². The first-order valence-corrected chi connectivity index (χ1v) is 9.96. The maximum atomic E-state index is 3.73. The summed E-state index contributed by atoms with van der Waals surface area (Å²) >= 11 is 0. The smallest absolute Gasteiger partial charge is 0.0181 e. The van der Waals surface area contributed by atoms with Gasteiger partial charge in [0, 0.05) is 6.54 Å². The molecule has 0 heterocycles. The van der Waals surface area contributed by atoms with E-state index in [1.54, 1.807) is 6.20 Å². The van der Waals surface area contributed by atoms with Crippen molar-refractivity contribution in [3.05, 3.63) is 82.1 Å². The molecule has 26 heavy (non-hydrogen) atoms. The Hall–Kier alpha value is -2.02. The quantitative estimate of drug-likeness (QED) is 0.558. The number of hydrogen-bond donors (Lipinski definition) is 1. The Balaban J connectivity index is 2.11. The van der Waals surface area contributed by atoms with E-state index in [1.165, 1.54) is 38.9 Å². The normalized spacial score (nSPS) is 12.0. The van der Waals surface area contributed by atoms with E-state index in [9.17, 15) is 0 Å². The van der Waals surface area contributed by atoms with Crippen LogP contribution in [-0.4, -0.2) is 6.54 Å². The Morgan fingerprint density at radius 2 is 1.65 bits per heavy atom. The van der Waals surface area contributed by atoms with E-state index in [1.807, 2.05) is 0 Å². The Labute approximate surface area is 160 Å². The minimum Gasteiger partial charge on any atom is -0.391 e. The fourth-order valence-electron chi connectivity index (χ4n) is 4.15.